The number of thiophene rings is 1. The summed E-state index contributed by atoms with van der Waals surface area (Å²) in [5, 5.41) is 4.38. The number of para-hydroxylation sites is 2. The molecular weight excluding hydrogens is 391 g/mol. The van der Waals surface area contributed by atoms with Crippen LogP contribution in [0, 0.1) is 0 Å². The van der Waals surface area contributed by atoms with E-state index < -0.39 is 30.5 Å². The van der Waals surface area contributed by atoms with Crippen molar-refractivity contribution in [1.82, 2.24) is 4.90 Å². The second-order valence-corrected chi connectivity index (χ2v) is 7.51. The molecule has 2 aromatic rings. The van der Waals surface area contributed by atoms with Crippen LogP contribution in [0.1, 0.15) is 18.2 Å². The fraction of sp³-hybridized carbons (Fsp3) is 0.368. The number of hydrogen-bond acceptors (Lipinski definition) is 4. The van der Waals surface area contributed by atoms with E-state index >= 15 is 0 Å². The highest BCUT2D eigenvalue weighted by molar-refractivity contribution is 7.09. The molecule has 1 aromatic carbocycles. The van der Waals surface area contributed by atoms with Crippen molar-refractivity contribution in [3.8, 4) is 0 Å². The summed E-state index contributed by atoms with van der Waals surface area (Å²) in [7, 11) is 0. The summed E-state index contributed by atoms with van der Waals surface area (Å²) in [5.74, 6) is -1.46. The van der Waals surface area contributed by atoms with Crippen molar-refractivity contribution in [2.45, 2.75) is 32.1 Å². The zero-order valence-corrected chi connectivity index (χ0v) is 16.0. The van der Waals surface area contributed by atoms with Gasteiger partial charge in [-0.25, -0.2) is 0 Å². The number of carbonyl (C=O) groups excluding carboxylic acids is 2. The van der Waals surface area contributed by atoms with Gasteiger partial charge in [0, 0.05) is 11.4 Å². The van der Waals surface area contributed by atoms with Crippen LogP contribution in [0.4, 0.5) is 24.5 Å². The molecule has 1 aromatic heterocycles. The van der Waals surface area contributed by atoms with E-state index in [-0.39, 0.29) is 17.9 Å². The van der Waals surface area contributed by atoms with Gasteiger partial charge in [0.2, 0.25) is 11.8 Å². The van der Waals surface area contributed by atoms with Gasteiger partial charge < -0.3 is 5.32 Å². The number of amides is 2. The zero-order valence-electron chi connectivity index (χ0n) is 15.2. The molecule has 0 radical (unpaired) electrons. The normalized spacial score (nSPS) is 17.2. The Balaban J connectivity index is 1.92. The molecule has 0 spiro atoms. The van der Waals surface area contributed by atoms with Crippen LogP contribution < -0.4 is 10.2 Å². The lowest BCUT2D eigenvalue weighted by Gasteiger charge is -2.33. The van der Waals surface area contributed by atoms with Gasteiger partial charge in [-0.05, 0) is 30.1 Å². The number of nitrogens with zero attached hydrogens (tertiary/aromatic N) is 2. The van der Waals surface area contributed by atoms with E-state index in [1.165, 1.54) is 23.5 Å². The first-order valence-electron chi connectivity index (χ1n) is 8.82. The molecule has 28 heavy (non-hydrogen) atoms. The molecule has 0 aliphatic carbocycles. The molecule has 150 valence electrons. The van der Waals surface area contributed by atoms with Crippen molar-refractivity contribution < 1.29 is 22.8 Å². The van der Waals surface area contributed by atoms with Gasteiger partial charge in [-0.2, -0.15) is 13.2 Å². The van der Waals surface area contributed by atoms with Crippen molar-refractivity contribution >= 4 is 34.5 Å². The average Bonchev–Trinajstić information content (AvgIpc) is 3.08. The SMILES string of the molecule is CCN(CC(=O)N1c2ccccc2NC(=O)CC1C(F)(F)F)Cc1cccs1. The summed E-state index contributed by atoms with van der Waals surface area (Å²) >= 11 is 1.53. The minimum Gasteiger partial charge on any atom is -0.324 e. The lowest BCUT2D eigenvalue weighted by molar-refractivity contribution is -0.158. The summed E-state index contributed by atoms with van der Waals surface area (Å²) in [6.45, 7) is 2.66. The number of likely N-dealkylation sites (N-methyl/N-ethyl adjacent to an activating group) is 1. The second kappa shape index (κ2) is 8.32. The maximum atomic E-state index is 13.7. The molecule has 0 fully saturated rings. The van der Waals surface area contributed by atoms with Crippen molar-refractivity contribution in [3.05, 3.63) is 46.7 Å². The Labute approximate surface area is 164 Å². The zero-order chi connectivity index (χ0) is 20.3. The highest BCUT2D eigenvalue weighted by Crippen LogP contribution is 2.37. The van der Waals surface area contributed by atoms with E-state index in [1.807, 2.05) is 24.4 Å². The predicted octanol–water partition coefficient (Wildman–Crippen LogP) is 3.88. The van der Waals surface area contributed by atoms with Gasteiger partial charge in [-0.1, -0.05) is 25.1 Å². The first-order chi connectivity index (χ1) is 13.3. The van der Waals surface area contributed by atoms with Crippen LogP contribution in [-0.2, 0) is 16.1 Å². The van der Waals surface area contributed by atoms with E-state index in [2.05, 4.69) is 5.32 Å². The largest absolute Gasteiger partial charge is 0.409 e. The summed E-state index contributed by atoms with van der Waals surface area (Å²) in [5.41, 5.74) is 0.266. The summed E-state index contributed by atoms with van der Waals surface area (Å²) in [6, 6.07) is 7.67. The van der Waals surface area contributed by atoms with Crippen molar-refractivity contribution in [3.63, 3.8) is 0 Å². The van der Waals surface area contributed by atoms with Gasteiger partial charge in [0.15, 0.2) is 0 Å². The van der Waals surface area contributed by atoms with Crippen LogP contribution in [0.5, 0.6) is 0 Å². The fourth-order valence-electron chi connectivity index (χ4n) is 3.17. The van der Waals surface area contributed by atoms with Crippen LogP contribution in [0.3, 0.4) is 0 Å². The number of alkyl halides is 3. The van der Waals surface area contributed by atoms with E-state index in [9.17, 15) is 22.8 Å². The van der Waals surface area contributed by atoms with Gasteiger partial charge in [0.05, 0.1) is 24.3 Å². The van der Waals surface area contributed by atoms with Gasteiger partial charge in [-0.15, -0.1) is 11.3 Å². The van der Waals surface area contributed by atoms with E-state index in [1.54, 1.807) is 17.0 Å². The van der Waals surface area contributed by atoms with Gasteiger partial charge >= 0.3 is 6.18 Å². The number of hydrogen-bond donors (Lipinski definition) is 1. The standard InChI is InChI=1S/C19H20F3N3O2S/c1-2-24(11-13-6-5-9-28-13)12-18(27)25-15-8-4-3-7-14(15)23-17(26)10-16(25)19(20,21)22/h3-9,16H,2,10-12H2,1H3,(H,23,26). The molecule has 1 aliphatic heterocycles. The molecular formula is C19H20F3N3O2S. The molecule has 0 saturated heterocycles. The first-order valence-corrected chi connectivity index (χ1v) is 9.70. The third-order valence-electron chi connectivity index (χ3n) is 4.54. The van der Waals surface area contributed by atoms with Crippen LogP contribution in [0.15, 0.2) is 41.8 Å². The summed E-state index contributed by atoms with van der Waals surface area (Å²) in [4.78, 5) is 28.6. The van der Waals surface area contributed by atoms with Crippen LogP contribution in [0.25, 0.3) is 0 Å². The van der Waals surface area contributed by atoms with Crippen LogP contribution in [-0.4, -0.2) is 42.0 Å². The molecule has 2 amide bonds. The van der Waals surface area contributed by atoms with E-state index in [4.69, 9.17) is 0 Å². The average molecular weight is 411 g/mol. The first kappa shape index (κ1) is 20.3. The third-order valence-corrected chi connectivity index (χ3v) is 5.40. The summed E-state index contributed by atoms with van der Waals surface area (Å²) in [6.07, 6.45) is -5.56. The second-order valence-electron chi connectivity index (χ2n) is 6.47. The molecule has 1 N–H and O–H groups in total. The maximum Gasteiger partial charge on any atom is 0.409 e. The van der Waals surface area contributed by atoms with E-state index in [0.29, 0.717) is 13.1 Å². The minimum atomic E-state index is -4.73. The molecule has 0 bridgehead atoms. The monoisotopic (exact) mass is 411 g/mol. The smallest absolute Gasteiger partial charge is 0.324 e. The Bertz CT molecular complexity index is 839. The minimum absolute atomic E-state index is 0.0628. The van der Waals surface area contributed by atoms with Crippen LogP contribution >= 0.6 is 11.3 Å². The number of anilines is 2. The van der Waals surface area contributed by atoms with Crippen molar-refractivity contribution in [2.24, 2.45) is 0 Å². The third kappa shape index (κ3) is 4.53. The molecule has 3 rings (SSSR count). The Morgan fingerprint density at radius 2 is 2.04 bits per heavy atom. The van der Waals surface area contributed by atoms with E-state index in [0.717, 1.165) is 9.78 Å². The Kier molecular flexibility index (Phi) is 6.04. The highest BCUT2D eigenvalue weighted by Gasteiger charge is 2.49. The number of fused-ring (bicyclic) bond motifs is 1. The molecule has 1 atom stereocenters. The Morgan fingerprint density at radius 1 is 1.29 bits per heavy atom. The number of carbonyl (C=O) groups is 2. The van der Waals surface area contributed by atoms with Gasteiger partial charge in [0.1, 0.15) is 6.04 Å². The van der Waals surface area contributed by atoms with Crippen molar-refractivity contribution in [2.75, 3.05) is 23.3 Å². The topological polar surface area (TPSA) is 52.7 Å². The number of rotatable bonds is 5. The van der Waals surface area contributed by atoms with Crippen molar-refractivity contribution in [1.29, 1.82) is 0 Å². The fourth-order valence-corrected chi connectivity index (χ4v) is 3.91. The molecule has 2 heterocycles. The molecule has 0 saturated carbocycles. The highest BCUT2D eigenvalue weighted by atomic mass is 32.1. The molecule has 5 nitrogen and oxygen atoms in total. The van der Waals surface area contributed by atoms with Gasteiger partial charge in [-0.3, -0.25) is 19.4 Å². The molecule has 1 aliphatic rings. The number of nitrogens with one attached hydrogen (secondary N) is 1. The quantitative estimate of drug-likeness (QED) is 0.813. The molecule has 1 unspecified atom stereocenters. The molecule has 9 heteroatoms. The Morgan fingerprint density at radius 3 is 2.68 bits per heavy atom. The number of halogens is 3. The lowest BCUT2D eigenvalue weighted by Crippen LogP contribution is -2.52. The van der Waals surface area contributed by atoms with Gasteiger partial charge in [0.25, 0.3) is 0 Å². The lowest BCUT2D eigenvalue weighted by atomic mass is 10.1. The number of benzene rings is 1. The Hall–Kier alpha value is -2.39. The summed E-state index contributed by atoms with van der Waals surface area (Å²) < 4.78 is 41.2. The van der Waals surface area contributed by atoms with Crippen LogP contribution in [0.2, 0.25) is 0 Å². The predicted molar refractivity (Wildman–Crippen MR) is 102 cm³/mol. The maximum absolute atomic E-state index is 13.7.